The first kappa shape index (κ1) is 25.7. The predicted molar refractivity (Wildman–Crippen MR) is 127 cm³/mol. The molecule has 0 bridgehead atoms. The second-order valence-electron chi connectivity index (χ2n) is 7.58. The molecule has 0 spiro atoms. The lowest BCUT2D eigenvalue weighted by Crippen LogP contribution is -2.44. The maximum absolute atomic E-state index is 14.1. The smallest absolute Gasteiger partial charge is 0.324 e. The first-order valence-electron chi connectivity index (χ1n) is 10.5. The van der Waals surface area contributed by atoms with Crippen LogP contribution in [0.5, 0.6) is 0 Å². The summed E-state index contributed by atoms with van der Waals surface area (Å²) in [6.07, 6.45) is -0.0764. The summed E-state index contributed by atoms with van der Waals surface area (Å²) in [5, 5.41) is 2.57. The van der Waals surface area contributed by atoms with Crippen molar-refractivity contribution in [2.75, 3.05) is 11.9 Å². The number of hydrogen-bond donors (Lipinski definition) is 2. The Balaban J connectivity index is 1.73. The zero-order valence-electron chi connectivity index (χ0n) is 18.7. The molecule has 182 valence electrons. The van der Waals surface area contributed by atoms with Gasteiger partial charge in [-0.25, -0.2) is 12.8 Å². The summed E-state index contributed by atoms with van der Waals surface area (Å²) in [6, 6.07) is 17.9. The molecule has 8 nitrogen and oxygen atoms in total. The summed E-state index contributed by atoms with van der Waals surface area (Å²) in [5.74, 6) is -2.75. The zero-order valence-corrected chi connectivity index (χ0v) is 19.5. The number of benzene rings is 3. The normalized spacial score (nSPS) is 11.9. The molecule has 0 unspecified atom stereocenters. The summed E-state index contributed by atoms with van der Waals surface area (Å²) in [7, 11) is -4.41. The molecule has 2 N–H and O–H groups in total. The number of anilines is 1. The van der Waals surface area contributed by atoms with Crippen molar-refractivity contribution >= 4 is 33.4 Å². The molecule has 0 aliphatic carbocycles. The van der Waals surface area contributed by atoms with E-state index in [0.29, 0.717) is 11.3 Å². The average molecular weight is 499 g/mol. The minimum atomic E-state index is -4.41. The number of hydrogen-bond acceptors (Lipinski definition) is 6. The highest BCUT2D eigenvalue weighted by atomic mass is 32.2. The van der Waals surface area contributed by atoms with Gasteiger partial charge in [0.2, 0.25) is 15.9 Å². The van der Waals surface area contributed by atoms with Gasteiger partial charge in [-0.05, 0) is 48.4 Å². The van der Waals surface area contributed by atoms with Gasteiger partial charge < -0.3 is 10.1 Å². The molecule has 0 aliphatic rings. The number of halogens is 1. The van der Waals surface area contributed by atoms with E-state index in [1.54, 1.807) is 30.3 Å². The van der Waals surface area contributed by atoms with Gasteiger partial charge in [0.1, 0.15) is 16.8 Å². The summed E-state index contributed by atoms with van der Waals surface area (Å²) in [6.45, 7) is 0.718. The van der Waals surface area contributed by atoms with E-state index in [1.165, 1.54) is 43.3 Å². The Morgan fingerprint density at radius 2 is 1.54 bits per heavy atom. The highest BCUT2D eigenvalue weighted by Crippen LogP contribution is 2.16. The number of rotatable bonds is 10. The largest absolute Gasteiger partial charge is 0.456 e. The molecule has 0 saturated carbocycles. The first-order chi connectivity index (χ1) is 16.7. The lowest BCUT2D eigenvalue weighted by Gasteiger charge is -2.18. The van der Waals surface area contributed by atoms with Gasteiger partial charge in [0.15, 0.2) is 12.4 Å². The monoisotopic (exact) mass is 498 g/mol. The van der Waals surface area contributed by atoms with Crippen LogP contribution < -0.4 is 10.0 Å². The van der Waals surface area contributed by atoms with E-state index in [-0.39, 0.29) is 17.9 Å². The predicted octanol–water partition coefficient (Wildman–Crippen LogP) is 3.10. The van der Waals surface area contributed by atoms with E-state index in [0.717, 1.165) is 12.1 Å². The van der Waals surface area contributed by atoms with Crippen LogP contribution in [-0.2, 0) is 30.8 Å². The number of ether oxygens (including phenoxy) is 1. The Labute approximate surface area is 202 Å². The fourth-order valence-corrected chi connectivity index (χ4v) is 4.46. The van der Waals surface area contributed by atoms with Crippen LogP contribution in [0, 0.1) is 5.82 Å². The van der Waals surface area contributed by atoms with Crippen LogP contribution in [-0.4, -0.2) is 38.7 Å². The third kappa shape index (κ3) is 7.29. The van der Waals surface area contributed by atoms with Gasteiger partial charge in [0.25, 0.3) is 0 Å². The van der Waals surface area contributed by atoms with Crippen LogP contribution in [0.2, 0.25) is 0 Å². The summed E-state index contributed by atoms with van der Waals surface area (Å²) in [4.78, 5) is 35.8. The van der Waals surface area contributed by atoms with Crippen molar-refractivity contribution < 1.29 is 31.9 Å². The SMILES string of the molecule is CC(=O)Nc1ccc(C(=O)COC(=O)[C@H](Cc2ccccc2)NS(=O)(=O)c2ccccc2F)cc1. The van der Waals surface area contributed by atoms with E-state index in [4.69, 9.17) is 4.74 Å². The Hall–Kier alpha value is -3.89. The van der Waals surface area contributed by atoms with Crippen molar-refractivity contribution in [3.63, 3.8) is 0 Å². The van der Waals surface area contributed by atoms with Gasteiger partial charge in [-0.1, -0.05) is 42.5 Å². The van der Waals surface area contributed by atoms with Crippen molar-refractivity contribution in [3.8, 4) is 0 Å². The molecule has 0 fully saturated rings. The van der Waals surface area contributed by atoms with Crippen LogP contribution in [0.4, 0.5) is 10.1 Å². The minimum absolute atomic E-state index is 0.0764. The van der Waals surface area contributed by atoms with Crippen molar-refractivity contribution in [2.24, 2.45) is 0 Å². The van der Waals surface area contributed by atoms with Crippen LogP contribution in [0.15, 0.2) is 83.8 Å². The number of ketones is 1. The van der Waals surface area contributed by atoms with Crippen LogP contribution in [0.25, 0.3) is 0 Å². The van der Waals surface area contributed by atoms with Gasteiger partial charge >= 0.3 is 5.97 Å². The van der Waals surface area contributed by atoms with Crippen molar-refractivity contribution in [3.05, 3.63) is 95.8 Å². The minimum Gasteiger partial charge on any atom is -0.456 e. The van der Waals surface area contributed by atoms with Crippen molar-refractivity contribution in [1.82, 2.24) is 4.72 Å². The molecule has 0 aromatic heterocycles. The number of esters is 1. The highest BCUT2D eigenvalue weighted by molar-refractivity contribution is 7.89. The van der Waals surface area contributed by atoms with Gasteiger partial charge in [-0.15, -0.1) is 0 Å². The van der Waals surface area contributed by atoms with Gasteiger partial charge in [-0.2, -0.15) is 4.72 Å². The number of sulfonamides is 1. The fourth-order valence-electron chi connectivity index (χ4n) is 3.20. The fraction of sp³-hybridized carbons (Fsp3) is 0.160. The molecule has 3 aromatic rings. The topological polar surface area (TPSA) is 119 Å². The second-order valence-corrected chi connectivity index (χ2v) is 9.27. The van der Waals surface area contributed by atoms with Gasteiger partial charge in [0, 0.05) is 18.2 Å². The highest BCUT2D eigenvalue weighted by Gasteiger charge is 2.29. The van der Waals surface area contributed by atoms with Crippen LogP contribution >= 0.6 is 0 Å². The number of carbonyl (C=O) groups is 3. The van der Waals surface area contributed by atoms with Crippen molar-refractivity contribution in [1.29, 1.82) is 0 Å². The molecular formula is C25H23FN2O6S. The number of amides is 1. The molecule has 0 heterocycles. The maximum Gasteiger partial charge on any atom is 0.324 e. The Morgan fingerprint density at radius 3 is 2.17 bits per heavy atom. The van der Waals surface area contributed by atoms with Crippen molar-refractivity contribution in [2.45, 2.75) is 24.3 Å². The van der Waals surface area contributed by atoms with Gasteiger partial charge in [0.05, 0.1) is 0 Å². The lowest BCUT2D eigenvalue weighted by atomic mass is 10.1. The number of Topliss-reactive ketones (excluding diaryl/α,β-unsaturated/α-hetero) is 1. The molecule has 10 heteroatoms. The molecule has 35 heavy (non-hydrogen) atoms. The summed E-state index contributed by atoms with van der Waals surface area (Å²) < 4.78 is 47.0. The van der Waals surface area contributed by atoms with Crippen LogP contribution in [0.1, 0.15) is 22.8 Å². The Morgan fingerprint density at radius 1 is 0.914 bits per heavy atom. The molecule has 0 saturated heterocycles. The molecular weight excluding hydrogens is 475 g/mol. The van der Waals surface area contributed by atoms with Gasteiger partial charge in [-0.3, -0.25) is 14.4 Å². The van der Waals surface area contributed by atoms with E-state index in [1.807, 2.05) is 0 Å². The third-order valence-corrected chi connectivity index (χ3v) is 6.37. The van der Waals surface area contributed by atoms with E-state index >= 15 is 0 Å². The molecule has 3 aromatic carbocycles. The average Bonchev–Trinajstić information content (AvgIpc) is 2.82. The molecule has 0 aliphatic heterocycles. The van der Waals surface area contributed by atoms with E-state index in [9.17, 15) is 27.2 Å². The Kier molecular flexibility index (Phi) is 8.45. The summed E-state index contributed by atoms with van der Waals surface area (Å²) >= 11 is 0. The number of nitrogens with one attached hydrogen (secondary N) is 2. The Bertz CT molecular complexity index is 1310. The molecule has 1 atom stereocenters. The lowest BCUT2D eigenvalue weighted by molar-refractivity contribution is -0.144. The quantitative estimate of drug-likeness (QED) is 0.328. The first-order valence-corrected chi connectivity index (χ1v) is 12.0. The zero-order chi connectivity index (χ0) is 25.4. The number of carbonyl (C=O) groups excluding carboxylic acids is 3. The maximum atomic E-state index is 14.1. The standard InChI is InChI=1S/C25H23FN2O6S/c1-17(29)27-20-13-11-19(12-14-20)23(30)16-34-25(31)22(15-18-7-3-2-4-8-18)28-35(32,33)24-10-6-5-9-21(24)26/h2-14,22,28H,15-16H2,1H3,(H,27,29)/t22-/m0/s1. The van der Waals surface area contributed by atoms with E-state index < -0.39 is 45.1 Å². The van der Waals surface area contributed by atoms with Crippen LogP contribution in [0.3, 0.4) is 0 Å². The third-order valence-electron chi connectivity index (χ3n) is 4.86. The summed E-state index contributed by atoms with van der Waals surface area (Å²) in [5.41, 5.74) is 1.36. The van der Waals surface area contributed by atoms with E-state index in [2.05, 4.69) is 10.0 Å². The second kappa shape index (κ2) is 11.5. The molecule has 3 rings (SSSR count). The molecule has 0 radical (unpaired) electrons. The molecule has 1 amide bonds.